The zero-order valence-electron chi connectivity index (χ0n) is 11.7. The van der Waals surface area contributed by atoms with E-state index in [1.54, 1.807) is 24.3 Å². The Bertz CT molecular complexity index is 597. The van der Waals surface area contributed by atoms with Gasteiger partial charge < -0.3 is 11.1 Å². The molecule has 0 aromatic heterocycles. The van der Waals surface area contributed by atoms with Crippen LogP contribution in [0.3, 0.4) is 0 Å². The summed E-state index contributed by atoms with van der Waals surface area (Å²) in [7, 11) is 0. The third kappa shape index (κ3) is 4.54. The number of hydrogen-bond donors (Lipinski definition) is 2. The van der Waals surface area contributed by atoms with Crippen LogP contribution in [0.4, 0.5) is 0 Å². The summed E-state index contributed by atoms with van der Waals surface area (Å²) in [6.07, 6.45) is 0.473. The monoisotopic (exact) mass is 282 g/mol. The van der Waals surface area contributed by atoms with Gasteiger partial charge in [0.25, 0.3) is 5.91 Å². The molecule has 0 bridgehead atoms. The summed E-state index contributed by atoms with van der Waals surface area (Å²) in [5, 5.41) is 2.60. The molecule has 0 radical (unpaired) electrons. The second kappa shape index (κ2) is 7.36. The van der Waals surface area contributed by atoms with Gasteiger partial charge >= 0.3 is 0 Å². The zero-order chi connectivity index (χ0) is 15.1. The normalized spacial score (nSPS) is 11.7. The molecule has 1 atom stereocenters. The molecule has 1 amide bonds. The van der Waals surface area contributed by atoms with Crippen molar-refractivity contribution >= 4 is 11.7 Å². The van der Waals surface area contributed by atoms with Crippen LogP contribution in [0.5, 0.6) is 0 Å². The molecule has 0 unspecified atom stereocenters. The van der Waals surface area contributed by atoms with Gasteiger partial charge in [-0.3, -0.25) is 9.59 Å². The van der Waals surface area contributed by atoms with E-state index in [1.807, 2.05) is 36.4 Å². The second-order valence-electron chi connectivity index (χ2n) is 4.81. The van der Waals surface area contributed by atoms with Crippen molar-refractivity contribution in [2.75, 3.05) is 6.54 Å². The lowest BCUT2D eigenvalue weighted by atomic mass is 10.0. The van der Waals surface area contributed by atoms with E-state index in [9.17, 15) is 9.59 Å². The predicted molar refractivity (Wildman–Crippen MR) is 81.9 cm³/mol. The second-order valence-corrected chi connectivity index (χ2v) is 4.81. The molecule has 21 heavy (non-hydrogen) atoms. The van der Waals surface area contributed by atoms with Crippen LogP contribution in [-0.4, -0.2) is 24.3 Å². The van der Waals surface area contributed by atoms with E-state index >= 15 is 0 Å². The molecule has 0 fully saturated rings. The van der Waals surface area contributed by atoms with Gasteiger partial charge in [0.1, 0.15) is 0 Å². The first-order chi connectivity index (χ1) is 10.2. The number of nitrogens with one attached hydrogen (secondary N) is 1. The first kappa shape index (κ1) is 14.9. The Balaban J connectivity index is 1.83. The lowest BCUT2D eigenvalue weighted by Crippen LogP contribution is -2.40. The van der Waals surface area contributed by atoms with Gasteiger partial charge in [0, 0.05) is 5.56 Å². The molecule has 2 aromatic carbocycles. The van der Waals surface area contributed by atoms with Gasteiger partial charge in [-0.15, -0.1) is 0 Å². The molecule has 3 N–H and O–H groups in total. The Morgan fingerprint density at radius 3 is 2.14 bits per heavy atom. The Labute approximate surface area is 124 Å². The molecule has 2 aromatic rings. The minimum absolute atomic E-state index is 0.0538. The zero-order valence-corrected chi connectivity index (χ0v) is 11.7. The first-order valence-corrected chi connectivity index (χ1v) is 6.82. The maximum Gasteiger partial charge on any atom is 0.251 e. The standard InChI is InChI=1S/C17H18N2O2/c18-15(11-13-7-3-1-4-8-13)16(20)12-19-17(21)14-9-5-2-6-10-14/h1-10,15H,11-12,18H2,(H,19,21)/t15-/m0/s1. The lowest BCUT2D eigenvalue weighted by molar-refractivity contribution is -0.119. The molecule has 0 aliphatic rings. The molecule has 2 rings (SSSR count). The number of nitrogens with two attached hydrogens (primary N) is 1. The van der Waals surface area contributed by atoms with Crippen LogP contribution in [0.25, 0.3) is 0 Å². The third-order valence-electron chi connectivity index (χ3n) is 3.17. The SMILES string of the molecule is N[C@@H](Cc1ccccc1)C(=O)CNC(=O)c1ccccc1. The van der Waals surface area contributed by atoms with Crippen LogP contribution in [0.2, 0.25) is 0 Å². The van der Waals surface area contributed by atoms with Gasteiger partial charge in [-0.2, -0.15) is 0 Å². The van der Waals surface area contributed by atoms with Crippen molar-refractivity contribution in [2.45, 2.75) is 12.5 Å². The Morgan fingerprint density at radius 1 is 0.952 bits per heavy atom. The largest absolute Gasteiger partial charge is 0.345 e. The number of benzene rings is 2. The number of Topliss-reactive ketones (excluding diaryl/α,β-unsaturated/α-hetero) is 1. The molecule has 0 heterocycles. The summed E-state index contributed by atoms with van der Waals surface area (Å²) in [6.45, 7) is -0.0538. The van der Waals surface area contributed by atoms with E-state index in [2.05, 4.69) is 5.32 Å². The highest BCUT2D eigenvalue weighted by molar-refractivity contribution is 5.97. The minimum Gasteiger partial charge on any atom is -0.345 e. The molecule has 0 aliphatic heterocycles. The van der Waals surface area contributed by atoms with E-state index < -0.39 is 6.04 Å². The fourth-order valence-electron chi connectivity index (χ4n) is 1.97. The number of ketones is 1. The van der Waals surface area contributed by atoms with E-state index in [0.717, 1.165) is 5.56 Å². The molecule has 108 valence electrons. The Morgan fingerprint density at radius 2 is 1.52 bits per heavy atom. The fraction of sp³-hybridized carbons (Fsp3) is 0.176. The highest BCUT2D eigenvalue weighted by atomic mass is 16.2. The molecule has 0 aliphatic carbocycles. The molecule has 0 saturated heterocycles. The Kier molecular flexibility index (Phi) is 5.23. The number of rotatable bonds is 6. The number of carbonyl (C=O) groups is 2. The number of hydrogen-bond acceptors (Lipinski definition) is 3. The summed E-state index contributed by atoms with van der Waals surface area (Å²) < 4.78 is 0. The highest BCUT2D eigenvalue weighted by Crippen LogP contribution is 2.02. The molecule has 4 heteroatoms. The maximum atomic E-state index is 11.9. The minimum atomic E-state index is -0.608. The quantitative estimate of drug-likeness (QED) is 0.844. The van der Waals surface area contributed by atoms with Gasteiger partial charge in [0.15, 0.2) is 5.78 Å². The van der Waals surface area contributed by atoms with E-state index in [4.69, 9.17) is 5.73 Å². The molecule has 0 spiro atoms. The lowest BCUT2D eigenvalue weighted by Gasteiger charge is -2.11. The van der Waals surface area contributed by atoms with Crippen molar-refractivity contribution in [1.82, 2.24) is 5.32 Å². The smallest absolute Gasteiger partial charge is 0.251 e. The first-order valence-electron chi connectivity index (χ1n) is 6.82. The topological polar surface area (TPSA) is 72.2 Å². The summed E-state index contributed by atoms with van der Waals surface area (Å²) in [5.41, 5.74) is 7.41. The maximum absolute atomic E-state index is 11.9. The van der Waals surface area contributed by atoms with Crippen LogP contribution in [-0.2, 0) is 11.2 Å². The summed E-state index contributed by atoms with van der Waals surface area (Å²) in [4.78, 5) is 23.8. The van der Waals surface area contributed by atoms with E-state index in [1.165, 1.54) is 0 Å². The number of carbonyl (C=O) groups excluding carboxylic acids is 2. The molecular weight excluding hydrogens is 264 g/mol. The van der Waals surface area contributed by atoms with Crippen LogP contribution >= 0.6 is 0 Å². The number of amides is 1. The van der Waals surface area contributed by atoms with Gasteiger partial charge in [0.2, 0.25) is 0 Å². The summed E-state index contributed by atoms with van der Waals surface area (Å²) in [5.74, 6) is -0.445. The predicted octanol–water partition coefficient (Wildman–Crippen LogP) is 1.56. The fourth-order valence-corrected chi connectivity index (χ4v) is 1.97. The van der Waals surface area contributed by atoms with Gasteiger partial charge in [-0.25, -0.2) is 0 Å². The van der Waals surface area contributed by atoms with Crippen LogP contribution in [0, 0.1) is 0 Å². The van der Waals surface area contributed by atoms with Gasteiger partial charge in [-0.05, 0) is 24.1 Å². The van der Waals surface area contributed by atoms with Crippen LogP contribution < -0.4 is 11.1 Å². The molecule has 0 saturated carbocycles. The third-order valence-corrected chi connectivity index (χ3v) is 3.17. The van der Waals surface area contributed by atoms with Crippen LogP contribution in [0.1, 0.15) is 15.9 Å². The average Bonchev–Trinajstić information content (AvgIpc) is 2.54. The van der Waals surface area contributed by atoms with Gasteiger partial charge in [0.05, 0.1) is 12.6 Å². The summed E-state index contributed by atoms with van der Waals surface area (Å²) >= 11 is 0. The van der Waals surface area contributed by atoms with Crippen molar-refractivity contribution in [2.24, 2.45) is 5.73 Å². The van der Waals surface area contributed by atoms with E-state index in [0.29, 0.717) is 12.0 Å². The van der Waals surface area contributed by atoms with Crippen molar-refractivity contribution in [3.05, 3.63) is 71.8 Å². The van der Waals surface area contributed by atoms with E-state index in [-0.39, 0.29) is 18.2 Å². The summed E-state index contributed by atoms with van der Waals surface area (Å²) in [6, 6.07) is 17.7. The van der Waals surface area contributed by atoms with Crippen molar-refractivity contribution in [3.8, 4) is 0 Å². The van der Waals surface area contributed by atoms with Gasteiger partial charge in [-0.1, -0.05) is 48.5 Å². The van der Waals surface area contributed by atoms with Crippen LogP contribution in [0.15, 0.2) is 60.7 Å². The van der Waals surface area contributed by atoms with Crippen molar-refractivity contribution in [1.29, 1.82) is 0 Å². The highest BCUT2D eigenvalue weighted by Gasteiger charge is 2.15. The molecular formula is C17H18N2O2. The molecule has 4 nitrogen and oxygen atoms in total. The van der Waals surface area contributed by atoms with Crippen molar-refractivity contribution in [3.63, 3.8) is 0 Å². The average molecular weight is 282 g/mol. The van der Waals surface area contributed by atoms with Crippen molar-refractivity contribution < 1.29 is 9.59 Å². The Hall–Kier alpha value is -2.46.